The standard InChI is InChI=1S/C27H38FN5O4S/c1-4-14-32-15-16-33(38(32,36)37)20(3)27(35)31-25(18-21-8-6-5-7-9-21)24(29)17-19(2)26(34)30-23-12-10-22(28)11-13-23/h5-13,19-20,24-25H,4,14-18,29H2,1-3H3,(H,30,34)(H,31,35)/t19-,20-,24+,25+/m1/s1. The van der Waals surface area contributed by atoms with Gasteiger partial charge in [0, 0.05) is 43.3 Å². The van der Waals surface area contributed by atoms with Crippen LogP contribution >= 0.6 is 0 Å². The fourth-order valence-electron chi connectivity index (χ4n) is 4.55. The van der Waals surface area contributed by atoms with Crippen LogP contribution in [0.2, 0.25) is 0 Å². The zero-order valence-corrected chi connectivity index (χ0v) is 23.0. The molecule has 2 amide bonds. The van der Waals surface area contributed by atoms with Crippen molar-refractivity contribution in [1.82, 2.24) is 13.9 Å². The van der Waals surface area contributed by atoms with Crippen LogP contribution in [0.3, 0.4) is 0 Å². The molecule has 0 saturated carbocycles. The van der Waals surface area contributed by atoms with E-state index in [2.05, 4.69) is 10.6 Å². The molecular formula is C27H38FN5O4S. The molecule has 11 heteroatoms. The highest BCUT2D eigenvalue weighted by Crippen LogP contribution is 2.21. The summed E-state index contributed by atoms with van der Waals surface area (Å²) in [6.45, 7) is 6.22. The summed E-state index contributed by atoms with van der Waals surface area (Å²) in [6, 6.07) is 13.0. The molecule has 0 aromatic heterocycles. The SMILES string of the molecule is CCCN1CCN([C@H](C)C(=O)N[C@@H](Cc2ccccc2)[C@@H](N)C[C@@H](C)C(=O)Nc2ccc(F)cc2)S1(=O)=O. The van der Waals surface area contributed by atoms with Crippen LogP contribution in [-0.4, -0.2) is 66.6 Å². The summed E-state index contributed by atoms with van der Waals surface area (Å²) in [5.74, 6) is -1.60. The molecule has 0 bridgehead atoms. The van der Waals surface area contributed by atoms with Crippen LogP contribution in [0.15, 0.2) is 54.6 Å². The van der Waals surface area contributed by atoms with E-state index in [-0.39, 0.29) is 18.9 Å². The van der Waals surface area contributed by atoms with E-state index >= 15 is 0 Å². The number of hydrogen-bond donors (Lipinski definition) is 3. The Hall–Kier alpha value is -2.86. The van der Waals surface area contributed by atoms with Gasteiger partial charge in [-0.25, -0.2) is 4.39 Å². The lowest BCUT2D eigenvalue weighted by Gasteiger charge is -2.30. The quantitative estimate of drug-likeness (QED) is 0.377. The maximum Gasteiger partial charge on any atom is 0.282 e. The molecule has 208 valence electrons. The number of benzene rings is 2. The van der Waals surface area contributed by atoms with Crippen molar-refractivity contribution in [3.05, 3.63) is 66.0 Å². The van der Waals surface area contributed by atoms with Gasteiger partial charge in [0.1, 0.15) is 11.9 Å². The predicted octanol–water partition coefficient (Wildman–Crippen LogP) is 2.51. The Bertz CT molecular complexity index is 1180. The minimum absolute atomic E-state index is 0.243. The average Bonchev–Trinajstić information content (AvgIpc) is 3.18. The van der Waals surface area contributed by atoms with Crippen molar-refractivity contribution >= 4 is 27.7 Å². The van der Waals surface area contributed by atoms with Crippen LogP contribution < -0.4 is 16.4 Å². The van der Waals surface area contributed by atoms with Gasteiger partial charge in [0.2, 0.25) is 11.8 Å². The highest BCUT2D eigenvalue weighted by atomic mass is 32.2. The summed E-state index contributed by atoms with van der Waals surface area (Å²) in [5, 5.41) is 5.72. The van der Waals surface area contributed by atoms with E-state index in [0.717, 1.165) is 5.56 Å². The minimum Gasteiger partial charge on any atom is -0.350 e. The molecule has 4 atom stereocenters. The largest absolute Gasteiger partial charge is 0.350 e. The summed E-state index contributed by atoms with van der Waals surface area (Å²) < 4.78 is 41.6. The fourth-order valence-corrected chi connectivity index (χ4v) is 6.38. The molecule has 9 nitrogen and oxygen atoms in total. The zero-order valence-electron chi connectivity index (χ0n) is 22.1. The van der Waals surface area contributed by atoms with Crippen LogP contribution in [0.1, 0.15) is 39.2 Å². The number of nitrogens with zero attached hydrogens (tertiary/aromatic N) is 2. The Morgan fingerprint density at radius 3 is 2.32 bits per heavy atom. The highest BCUT2D eigenvalue weighted by molar-refractivity contribution is 7.87. The number of halogens is 1. The van der Waals surface area contributed by atoms with Gasteiger partial charge in [-0.3, -0.25) is 9.59 Å². The Morgan fingerprint density at radius 1 is 1.03 bits per heavy atom. The first-order valence-corrected chi connectivity index (χ1v) is 14.4. The number of anilines is 1. The lowest BCUT2D eigenvalue weighted by molar-refractivity contribution is -0.125. The molecular weight excluding hydrogens is 509 g/mol. The maximum atomic E-state index is 13.3. The third-order valence-corrected chi connectivity index (χ3v) is 8.91. The van der Waals surface area contributed by atoms with Crippen molar-refractivity contribution in [3.8, 4) is 0 Å². The molecule has 1 saturated heterocycles. The van der Waals surface area contributed by atoms with Crippen LogP contribution in [0.25, 0.3) is 0 Å². The second kappa shape index (κ2) is 13.3. The summed E-state index contributed by atoms with van der Waals surface area (Å²) in [6.07, 6.45) is 1.38. The molecule has 3 rings (SSSR count). The van der Waals surface area contributed by atoms with Crippen LogP contribution in [0, 0.1) is 11.7 Å². The predicted molar refractivity (Wildman–Crippen MR) is 146 cm³/mol. The van der Waals surface area contributed by atoms with Crippen molar-refractivity contribution in [2.75, 3.05) is 25.0 Å². The third kappa shape index (κ3) is 7.59. The molecule has 0 radical (unpaired) electrons. The number of nitrogens with one attached hydrogen (secondary N) is 2. The van der Waals surface area contributed by atoms with Gasteiger partial charge in [-0.1, -0.05) is 44.2 Å². The van der Waals surface area contributed by atoms with Crippen molar-refractivity contribution in [2.45, 2.75) is 58.2 Å². The summed E-state index contributed by atoms with van der Waals surface area (Å²) >= 11 is 0. The molecule has 0 unspecified atom stereocenters. The van der Waals surface area contributed by atoms with Crippen molar-refractivity contribution in [2.24, 2.45) is 11.7 Å². The van der Waals surface area contributed by atoms with Crippen molar-refractivity contribution < 1.29 is 22.4 Å². The summed E-state index contributed by atoms with van der Waals surface area (Å²) in [4.78, 5) is 26.0. The van der Waals surface area contributed by atoms with E-state index in [1.54, 1.807) is 13.8 Å². The Balaban J connectivity index is 1.69. The number of amides is 2. The third-order valence-electron chi connectivity index (χ3n) is 6.80. The second-order valence-electron chi connectivity index (χ2n) is 9.80. The highest BCUT2D eigenvalue weighted by Gasteiger charge is 2.41. The molecule has 38 heavy (non-hydrogen) atoms. The van der Waals surface area contributed by atoms with Gasteiger partial charge in [-0.2, -0.15) is 17.0 Å². The average molecular weight is 548 g/mol. The summed E-state index contributed by atoms with van der Waals surface area (Å²) in [5.41, 5.74) is 7.98. The number of carbonyl (C=O) groups excluding carboxylic acids is 2. The van der Waals surface area contributed by atoms with Crippen LogP contribution in [-0.2, 0) is 26.2 Å². The van der Waals surface area contributed by atoms with Crippen molar-refractivity contribution in [1.29, 1.82) is 0 Å². The number of nitrogens with two attached hydrogens (primary N) is 1. The van der Waals surface area contributed by atoms with Gasteiger partial charge in [-0.05, 0) is 56.0 Å². The minimum atomic E-state index is -3.71. The number of carbonyl (C=O) groups is 2. The van der Waals surface area contributed by atoms with E-state index in [1.807, 2.05) is 37.3 Å². The van der Waals surface area contributed by atoms with E-state index in [1.165, 1.54) is 32.9 Å². The lowest BCUT2D eigenvalue weighted by atomic mass is 9.92. The van der Waals surface area contributed by atoms with Gasteiger partial charge in [-0.15, -0.1) is 0 Å². The molecule has 0 aliphatic carbocycles. The molecule has 2 aromatic rings. The van der Waals surface area contributed by atoms with Gasteiger partial charge < -0.3 is 16.4 Å². The first kappa shape index (κ1) is 29.7. The van der Waals surface area contributed by atoms with E-state index in [4.69, 9.17) is 5.73 Å². The first-order valence-electron chi connectivity index (χ1n) is 13.0. The van der Waals surface area contributed by atoms with E-state index in [0.29, 0.717) is 31.6 Å². The van der Waals surface area contributed by atoms with Crippen molar-refractivity contribution in [3.63, 3.8) is 0 Å². The zero-order chi connectivity index (χ0) is 27.9. The fraction of sp³-hybridized carbons (Fsp3) is 0.481. The first-order chi connectivity index (χ1) is 18.0. The smallest absolute Gasteiger partial charge is 0.282 e. The molecule has 1 aliphatic rings. The van der Waals surface area contributed by atoms with Gasteiger partial charge in [0.05, 0.1) is 0 Å². The van der Waals surface area contributed by atoms with Gasteiger partial charge in [0.15, 0.2) is 0 Å². The summed E-state index contributed by atoms with van der Waals surface area (Å²) in [7, 11) is -3.71. The van der Waals surface area contributed by atoms with E-state index in [9.17, 15) is 22.4 Å². The van der Waals surface area contributed by atoms with Gasteiger partial charge in [0.25, 0.3) is 10.2 Å². The normalized spacial score (nSPS) is 18.9. The monoisotopic (exact) mass is 547 g/mol. The Labute approximate surface area is 224 Å². The van der Waals surface area contributed by atoms with Gasteiger partial charge >= 0.3 is 0 Å². The molecule has 4 N–H and O–H groups in total. The number of rotatable bonds is 12. The number of hydrogen-bond acceptors (Lipinski definition) is 5. The van der Waals surface area contributed by atoms with Crippen LogP contribution in [0.5, 0.6) is 0 Å². The second-order valence-corrected chi connectivity index (χ2v) is 11.7. The molecule has 1 heterocycles. The lowest BCUT2D eigenvalue weighted by Crippen LogP contribution is -2.55. The molecule has 1 fully saturated rings. The van der Waals surface area contributed by atoms with E-state index < -0.39 is 46.0 Å². The Morgan fingerprint density at radius 2 is 1.68 bits per heavy atom. The van der Waals surface area contributed by atoms with Crippen LogP contribution in [0.4, 0.5) is 10.1 Å². The molecule has 0 spiro atoms. The Kier molecular flexibility index (Phi) is 10.4. The molecule has 2 aromatic carbocycles. The topological polar surface area (TPSA) is 125 Å². The maximum absolute atomic E-state index is 13.3. The molecule has 1 aliphatic heterocycles.